The van der Waals surface area contributed by atoms with Gasteiger partial charge in [-0.1, -0.05) is 12.2 Å². The highest BCUT2D eigenvalue weighted by Gasteiger charge is 2.37. The van der Waals surface area contributed by atoms with Gasteiger partial charge in [0.2, 0.25) is 0 Å². The second-order valence-corrected chi connectivity index (χ2v) is 8.07. The molecule has 1 unspecified atom stereocenters. The smallest absolute Gasteiger partial charge is 0.0891 e. The maximum atomic E-state index is 5.95. The van der Waals surface area contributed by atoms with Gasteiger partial charge in [-0.25, -0.2) is 0 Å². The molecule has 122 valence electrons. The molecule has 2 aliphatic heterocycles. The fourth-order valence-electron chi connectivity index (χ4n) is 3.26. The van der Waals surface area contributed by atoms with Crippen LogP contribution in [0.5, 0.6) is 0 Å². The number of hydrogen-bond acceptors (Lipinski definition) is 5. The van der Waals surface area contributed by atoms with Gasteiger partial charge in [0.05, 0.1) is 22.4 Å². The zero-order valence-electron chi connectivity index (χ0n) is 13.5. The van der Waals surface area contributed by atoms with Crippen LogP contribution < -0.4 is 5.73 Å². The van der Waals surface area contributed by atoms with E-state index in [9.17, 15) is 0 Å². The fourth-order valence-corrected chi connectivity index (χ4v) is 4.50. The lowest BCUT2D eigenvalue weighted by molar-refractivity contribution is -0.0540. The number of likely N-dealkylation sites (tertiary alicyclic amines) is 1. The van der Waals surface area contributed by atoms with E-state index in [-0.39, 0.29) is 4.75 Å². The molecule has 4 nitrogen and oxygen atoms in total. The Morgan fingerprint density at radius 1 is 1.38 bits per heavy atom. The first-order chi connectivity index (χ1) is 9.97. The largest absolute Gasteiger partial charge is 0.392 e. The summed E-state index contributed by atoms with van der Waals surface area (Å²) < 4.78 is 5.96. The maximum Gasteiger partial charge on any atom is 0.0891 e. The van der Waals surface area contributed by atoms with Gasteiger partial charge < -0.3 is 15.4 Å². The molecule has 0 bridgehead atoms. The first-order valence-corrected chi connectivity index (χ1v) is 9.53. The quantitative estimate of drug-likeness (QED) is 0.772. The van der Waals surface area contributed by atoms with Gasteiger partial charge in [0, 0.05) is 25.7 Å². The average Bonchev–Trinajstić information content (AvgIpc) is 2.48. The second-order valence-electron chi connectivity index (χ2n) is 6.44. The lowest BCUT2D eigenvalue weighted by Crippen LogP contribution is -2.53. The molecule has 0 saturated carbocycles. The van der Waals surface area contributed by atoms with Crippen molar-refractivity contribution in [1.29, 1.82) is 0 Å². The van der Waals surface area contributed by atoms with Crippen molar-refractivity contribution in [2.45, 2.75) is 43.6 Å². The summed E-state index contributed by atoms with van der Waals surface area (Å²) in [6, 6.07) is 0.608. The molecule has 0 spiro atoms. The zero-order chi connectivity index (χ0) is 15.5. The number of ether oxygens (including phenoxy) is 1. The molecule has 0 aliphatic carbocycles. The molecule has 2 fully saturated rings. The Kier molecular flexibility index (Phi) is 6.32. The molecule has 6 heteroatoms. The Balaban J connectivity index is 1.82. The van der Waals surface area contributed by atoms with E-state index in [0.717, 1.165) is 52.2 Å². The van der Waals surface area contributed by atoms with E-state index in [1.54, 1.807) is 0 Å². The van der Waals surface area contributed by atoms with E-state index in [1.807, 2.05) is 11.8 Å². The van der Waals surface area contributed by atoms with Gasteiger partial charge in [0.1, 0.15) is 0 Å². The van der Waals surface area contributed by atoms with Gasteiger partial charge in [-0.05, 0) is 46.0 Å². The number of hydrogen-bond donors (Lipinski definition) is 1. The third kappa shape index (κ3) is 4.32. The predicted octanol–water partition coefficient (Wildman–Crippen LogP) is 1.58. The van der Waals surface area contributed by atoms with E-state index in [4.69, 9.17) is 22.7 Å². The molecule has 0 aromatic heterocycles. The molecule has 2 saturated heterocycles. The minimum absolute atomic E-state index is 0.0171. The number of nitrogens with zero attached hydrogens (tertiary/aromatic N) is 2. The van der Waals surface area contributed by atoms with E-state index in [2.05, 4.69) is 29.9 Å². The van der Waals surface area contributed by atoms with Crippen LogP contribution in [-0.2, 0) is 4.74 Å². The van der Waals surface area contributed by atoms with Crippen molar-refractivity contribution in [2.75, 3.05) is 45.6 Å². The Morgan fingerprint density at radius 2 is 2.05 bits per heavy atom. The lowest BCUT2D eigenvalue weighted by Gasteiger charge is -2.42. The maximum absolute atomic E-state index is 5.95. The molecule has 0 aromatic carbocycles. The summed E-state index contributed by atoms with van der Waals surface area (Å²) in [5.41, 5.74) is 5.95. The van der Waals surface area contributed by atoms with Crippen molar-refractivity contribution in [2.24, 2.45) is 5.73 Å². The van der Waals surface area contributed by atoms with Crippen LogP contribution in [0.1, 0.15) is 26.7 Å². The molecular formula is C15H29N3OS2. The van der Waals surface area contributed by atoms with Crippen LogP contribution in [0.3, 0.4) is 0 Å². The minimum atomic E-state index is 0.0171. The summed E-state index contributed by atoms with van der Waals surface area (Å²) in [4.78, 5) is 5.70. The summed E-state index contributed by atoms with van der Waals surface area (Å²) in [5, 5.41) is 0. The molecule has 1 atom stereocenters. The zero-order valence-corrected chi connectivity index (χ0v) is 15.1. The number of piperidine rings is 1. The number of morpholine rings is 1. The van der Waals surface area contributed by atoms with Crippen molar-refractivity contribution in [1.82, 2.24) is 9.80 Å². The van der Waals surface area contributed by atoms with Gasteiger partial charge >= 0.3 is 0 Å². The topological polar surface area (TPSA) is 41.7 Å². The Bertz CT molecular complexity index is 357. The van der Waals surface area contributed by atoms with E-state index in [1.165, 1.54) is 0 Å². The summed E-state index contributed by atoms with van der Waals surface area (Å²) >= 11 is 7.10. The normalized spacial score (nSPS) is 27.9. The van der Waals surface area contributed by atoms with Crippen molar-refractivity contribution >= 4 is 29.0 Å². The SMILES string of the molecule is CSC1(C(N)=S)CCN(CC2CN(C(C)C)CCO2)CC1. The summed E-state index contributed by atoms with van der Waals surface area (Å²) in [6.07, 6.45) is 4.58. The Hall–Kier alpha value is 0.120. The molecule has 0 radical (unpaired) electrons. The van der Waals surface area contributed by atoms with Crippen LogP contribution in [-0.4, -0.2) is 77.3 Å². The molecule has 0 amide bonds. The number of thioether (sulfide) groups is 1. The molecule has 2 N–H and O–H groups in total. The summed E-state index contributed by atoms with van der Waals surface area (Å²) in [7, 11) is 0. The van der Waals surface area contributed by atoms with E-state index in [0.29, 0.717) is 17.1 Å². The molecule has 21 heavy (non-hydrogen) atoms. The summed E-state index contributed by atoms with van der Waals surface area (Å²) in [5.74, 6) is 0. The standard InChI is InChI=1S/C15H29N3OS2/c1-12(2)18-8-9-19-13(11-18)10-17-6-4-15(21-3,5-7-17)14(16)20/h12-13H,4-11H2,1-3H3,(H2,16,20). The van der Waals surface area contributed by atoms with Crippen LogP contribution >= 0.6 is 24.0 Å². The van der Waals surface area contributed by atoms with Crippen LogP contribution in [0.2, 0.25) is 0 Å². The van der Waals surface area contributed by atoms with Crippen LogP contribution in [0, 0.1) is 0 Å². The van der Waals surface area contributed by atoms with Crippen LogP contribution in [0.25, 0.3) is 0 Å². The third-order valence-corrected chi connectivity index (χ3v) is 6.80. The van der Waals surface area contributed by atoms with Gasteiger partial charge in [0.25, 0.3) is 0 Å². The van der Waals surface area contributed by atoms with Crippen molar-refractivity contribution in [3.05, 3.63) is 0 Å². The second kappa shape index (κ2) is 7.59. The first kappa shape index (κ1) is 17.5. The first-order valence-electron chi connectivity index (χ1n) is 7.90. The third-order valence-electron chi connectivity index (χ3n) is 4.87. The Morgan fingerprint density at radius 3 is 2.57 bits per heavy atom. The van der Waals surface area contributed by atoms with Gasteiger partial charge in [-0.15, -0.1) is 0 Å². The highest BCUT2D eigenvalue weighted by molar-refractivity contribution is 8.02. The monoisotopic (exact) mass is 331 g/mol. The average molecular weight is 332 g/mol. The van der Waals surface area contributed by atoms with Crippen LogP contribution in [0.15, 0.2) is 0 Å². The van der Waals surface area contributed by atoms with Crippen molar-refractivity contribution in [3.8, 4) is 0 Å². The molecule has 2 heterocycles. The molecule has 2 rings (SSSR count). The van der Waals surface area contributed by atoms with Crippen molar-refractivity contribution < 1.29 is 4.74 Å². The highest BCUT2D eigenvalue weighted by atomic mass is 32.2. The minimum Gasteiger partial charge on any atom is -0.392 e. The number of thiocarbonyl (C=S) groups is 1. The highest BCUT2D eigenvalue weighted by Crippen LogP contribution is 2.35. The van der Waals surface area contributed by atoms with Crippen LogP contribution in [0.4, 0.5) is 0 Å². The van der Waals surface area contributed by atoms with Crippen molar-refractivity contribution in [3.63, 3.8) is 0 Å². The molecule has 2 aliphatic rings. The molecular weight excluding hydrogens is 302 g/mol. The van der Waals surface area contributed by atoms with E-state index >= 15 is 0 Å². The molecule has 0 aromatic rings. The predicted molar refractivity (Wildman–Crippen MR) is 95.2 cm³/mol. The van der Waals surface area contributed by atoms with Gasteiger partial charge in [-0.2, -0.15) is 11.8 Å². The van der Waals surface area contributed by atoms with Gasteiger partial charge in [-0.3, -0.25) is 4.90 Å². The summed E-state index contributed by atoms with van der Waals surface area (Å²) in [6.45, 7) is 10.7. The lowest BCUT2D eigenvalue weighted by atomic mass is 9.95. The van der Waals surface area contributed by atoms with E-state index < -0.39 is 0 Å². The Labute approximate surface area is 138 Å². The fraction of sp³-hybridized carbons (Fsp3) is 0.933. The number of rotatable bonds is 5. The van der Waals surface area contributed by atoms with Gasteiger partial charge in [0.15, 0.2) is 0 Å². The number of nitrogens with two attached hydrogens (primary N) is 1.